The number of ether oxygens (including phenoxy) is 3. The van der Waals surface area contributed by atoms with E-state index in [1.54, 1.807) is 42.6 Å². The molecule has 0 bridgehead atoms. The molecule has 0 aliphatic heterocycles. The fourth-order valence-electron chi connectivity index (χ4n) is 3.15. The van der Waals surface area contributed by atoms with Crippen LogP contribution in [0, 0.1) is 0 Å². The van der Waals surface area contributed by atoms with Crippen LogP contribution in [0.4, 0.5) is 5.69 Å². The first kappa shape index (κ1) is 26.2. The van der Waals surface area contributed by atoms with Crippen LogP contribution >= 0.6 is 0 Å². The smallest absolute Gasteiger partial charge is 0.343 e. The molecule has 0 amide bonds. The van der Waals surface area contributed by atoms with Crippen LogP contribution in [0.15, 0.2) is 96.6 Å². The molecule has 7 heteroatoms. The van der Waals surface area contributed by atoms with Gasteiger partial charge in [0.25, 0.3) is 0 Å². The number of para-hydroxylation sites is 1. The molecule has 0 aliphatic rings. The highest BCUT2D eigenvalue weighted by Gasteiger charge is 2.09. The van der Waals surface area contributed by atoms with Crippen molar-refractivity contribution in [2.24, 2.45) is 5.10 Å². The standard InChI is InChI=1S/C29H30N2O5/c1-2-28(32)35-21-9-4-3-8-20-34-26-18-14-24(15-19-26)29(33)36-27-16-12-23(13-17-27)22-30-31-25-10-6-5-7-11-25/h2,5-7,10-19,22,31H,1,3-4,8-9,20-21H2/b30-22-. The second kappa shape index (κ2) is 14.8. The van der Waals surface area contributed by atoms with Crippen LogP contribution < -0.4 is 14.9 Å². The summed E-state index contributed by atoms with van der Waals surface area (Å²) in [6.45, 7) is 4.35. The molecule has 3 aromatic carbocycles. The molecule has 186 valence electrons. The van der Waals surface area contributed by atoms with E-state index in [0.29, 0.717) is 30.3 Å². The van der Waals surface area contributed by atoms with Crippen molar-refractivity contribution in [2.75, 3.05) is 18.6 Å². The van der Waals surface area contributed by atoms with Gasteiger partial charge in [-0.05, 0) is 91.9 Å². The Labute approximate surface area is 211 Å². The first-order valence-electron chi connectivity index (χ1n) is 11.8. The minimum absolute atomic E-state index is 0.388. The molecule has 7 nitrogen and oxygen atoms in total. The molecule has 0 unspecified atom stereocenters. The van der Waals surface area contributed by atoms with Crippen molar-refractivity contribution in [1.82, 2.24) is 0 Å². The van der Waals surface area contributed by atoms with Gasteiger partial charge in [0.15, 0.2) is 0 Å². The average molecular weight is 487 g/mol. The zero-order chi connectivity index (χ0) is 25.4. The van der Waals surface area contributed by atoms with Gasteiger partial charge in [-0.15, -0.1) is 0 Å². The zero-order valence-corrected chi connectivity index (χ0v) is 20.1. The van der Waals surface area contributed by atoms with Gasteiger partial charge < -0.3 is 14.2 Å². The Kier molecular flexibility index (Phi) is 10.8. The molecule has 36 heavy (non-hydrogen) atoms. The monoisotopic (exact) mass is 486 g/mol. The van der Waals surface area contributed by atoms with Crippen molar-refractivity contribution < 1.29 is 23.8 Å². The van der Waals surface area contributed by atoms with Gasteiger partial charge in [0.05, 0.1) is 30.7 Å². The Morgan fingerprint density at radius 1 is 0.806 bits per heavy atom. The first-order chi connectivity index (χ1) is 17.6. The van der Waals surface area contributed by atoms with E-state index in [0.717, 1.165) is 36.9 Å². The minimum Gasteiger partial charge on any atom is -0.494 e. The lowest BCUT2D eigenvalue weighted by Gasteiger charge is -2.08. The highest BCUT2D eigenvalue weighted by molar-refractivity contribution is 5.91. The quantitative estimate of drug-likeness (QED) is 0.0749. The third-order valence-electron chi connectivity index (χ3n) is 5.08. The summed E-state index contributed by atoms with van der Waals surface area (Å²) in [6, 6.07) is 23.6. The van der Waals surface area contributed by atoms with Crippen LogP contribution in [0.25, 0.3) is 0 Å². The molecule has 0 saturated heterocycles. The van der Waals surface area contributed by atoms with E-state index in [4.69, 9.17) is 14.2 Å². The number of hydrazone groups is 1. The molecule has 3 aromatic rings. The molecule has 3 rings (SSSR count). The van der Waals surface area contributed by atoms with Gasteiger partial charge in [-0.3, -0.25) is 5.43 Å². The second-order valence-corrected chi connectivity index (χ2v) is 7.85. The molecule has 0 aliphatic carbocycles. The zero-order valence-electron chi connectivity index (χ0n) is 20.1. The summed E-state index contributed by atoms with van der Waals surface area (Å²) in [6.07, 6.45) is 6.50. The number of nitrogens with one attached hydrogen (secondary N) is 1. The Bertz CT molecular complexity index is 1130. The van der Waals surface area contributed by atoms with Gasteiger partial charge in [-0.1, -0.05) is 24.8 Å². The van der Waals surface area contributed by atoms with Gasteiger partial charge >= 0.3 is 11.9 Å². The Morgan fingerprint density at radius 3 is 2.17 bits per heavy atom. The van der Waals surface area contributed by atoms with E-state index in [-0.39, 0.29) is 5.97 Å². The molecule has 0 saturated carbocycles. The summed E-state index contributed by atoms with van der Waals surface area (Å²) < 4.78 is 16.1. The summed E-state index contributed by atoms with van der Waals surface area (Å²) in [5, 5.41) is 4.20. The number of esters is 2. The van der Waals surface area contributed by atoms with Crippen LogP contribution in [0.2, 0.25) is 0 Å². The number of unbranched alkanes of at least 4 members (excludes halogenated alkanes) is 3. The molecule has 0 aromatic heterocycles. The van der Waals surface area contributed by atoms with E-state index >= 15 is 0 Å². The van der Waals surface area contributed by atoms with Crippen LogP contribution in [-0.4, -0.2) is 31.4 Å². The van der Waals surface area contributed by atoms with E-state index in [9.17, 15) is 9.59 Å². The lowest BCUT2D eigenvalue weighted by Crippen LogP contribution is -2.08. The highest BCUT2D eigenvalue weighted by atomic mass is 16.5. The molecular weight excluding hydrogens is 456 g/mol. The number of benzene rings is 3. The first-order valence-corrected chi connectivity index (χ1v) is 11.8. The van der Waals surface area contributed by atoms with Crippen molar-refractivity contribution in [3.63, 3.8) is 0 Å². The number of hydrogen-bond donors (Lipinski definition) is 1. The summed E-state index contributed by atoms with van der Waals surface area (Å²) in [5.41, 5.74) is 5.16. The summed E-state index contributed by atoms with van der Waals surface area (Å²) in [4.78, 5) is 23.4. The fraction of sp³-hybridized carbons (Fsp3) is 0.207. The number of nitrogens with zero attached hydrogens (tertiary/aromatic N) is 1. The summed E-state index contributed by atoms with van der Waals surface area (Å²) in [5.74, 6) is 0.319. The summed E-state index contributed by atoms with van der Waals surface area (Å²) in [7, 11) is 0. The molecule has 0 heterocycles. The van der Waals surface area contributed by atoms with E-state index in [1.807, 2.05) is 42.5 Å². The topological polar surface area (TPSA) is 86.2 Å². The number of anilines is 1. The molecular formula is C29H30N2O5. The van der Waals surface area contributed by atoms with E-state index in [2.05, 4.69) is 17.1 Å². The lowest BCUT2D eigenvalue weighted by molar-refractivity contribution is -0.137. The maximum Gasteiger partial charge on any atom is 0.343 e. The SMILES string of the molecule is C=CC(=O)OCCCCCCOc1ccc(C(=O)Oc2ccc(/C=N\Nc3ccccc3)cc2)cc1. The van der Waals surface area contributed by atoms with Gasteiger partial charge in [0.2, 0.25) is 0 Å². The minimum atomic E-state index is -0.439. The molecule has 0 spiro atoms. The Balaban J connectivity index is 1.35. The number of carbonyl (C=O) groups is 2. The van der Waals surface area contributed by atoms with E-state index < -0.39 is 5.97 Å². The molecule has 0 atom stereocenters. The maximum atomic E-state index is 12.5. The molecule has 1 N–H and O–H groups in total. The fourth-order valence-corrected chi connectivity index (χ4v) is 3.15. The number of rotatable bonds is 14. The third kappa shape index (κ3) is 9.46. The van der Waals surface area contributed by atoms with Crippen molar-refractivity contribution >= 4 is 23.8 Å². The largest absolute Gasteiger partial charge is 0.494 e. The van der Waals surface area contributed by atoms with Gasteiger partial charge in [0.1, 0.15) is 11.5 Å². The number of hydrogen-bond acceptors (Lipinski definition) is 7. The van der Waals surface area contributed by atoms with E-state index in [1.165, 1.54) is 6.08 Å². The van der Waals surface area contributed by atoms with Crippen LogP contribution in [-0.2, 0) is 9.53 Å². The van der Waals surface area contributed by atoms with Crippen molar-refractivity contribution in [1.29, 1.82) is 0 Å². The van der Waals surface area contributed by atoms with Gasteiger partial charge in [0, 0.05) is 6.08 Å². The Hall–Kier alpha value is -4.39. The molecule has 0 fully saturated rings. The third-order valence-corrected chi connectivity index (χ3v) is 5.08. The highest BCUT2D eigenvalue weighted by Crippen LogP contribution is 2.17. The predicted molar refractivity (Wildman–Crippen MR) is 141 cm³/mol. The van der Waals surface area contributed by atoms with Crippen molar-refractivity contribution in [3.05, 3.63) is 103 Å². The van der Waals surface area contributed by atoms with Crippen LogP contribution in [0.1, 0.15) is 41.6 Å². The predicted octanol–water partition coefficient (Wildman–Crippen LogP) is 6.02. The maximum absolute atomic E-state index is 12.5. The van der Waals surface area contributed by atoms with Crippen LogP contribution in [0.3, 0.4) is 0 Å². The average Bonchev–Trinajstić information content (AvgIpc) is 2.92. The van der Waals surface area contributed by atoms with Crippen molar-refractivity contribution in [2.45, 2.75) is 25.7 Å². The summed E-state index contributed by atoms with van der Waals surface area (Å²) >= 11 is 0. The van der Waals surface area contributed by atoms with Gasteiger partial charge in [-0.2, -0.15) is 5.10 Å². The Morgan fingerprint density at radius 2 is 1.47 bits per heavy atom. The normalized spacial score (nSPS) is 10.6. The molecule has 0 radical (unpaired) electrons. The number of carbonyl (C=O) groups excluding carboxylic acids is 2. The lowest BCUT2D eigenvalue weighted by atomic mass is 10.2. The van der Waals surface area contributed by atoms with Crippen LogP contribution in [0.5, 0.6) is 11.5 Å². The van der Waals surface area contributed by atoms with Gasteiger partial charge in [-0.25, -0.2) is 9.59 Å². The second-order valence-electron chi connectivity index (χ2n) is 7.85. The van der Waals surface area contributed by atoms with Crippen molar-refractivity contribution in [3.8, 4) is 11.5 Å².